The van der Waals surface area contributed by atoms with E-state index in [-0.39, 0.29) is 11.0 Å². The molecule has 0 N–H and O–H groups in total. The third-order valence-corrected chi connectivity index (χ3v) is 5.65. The first-order valence-corrected chi connectivity index (χ1v) is 9.24. The minimum atomic E-state index is -0.154. The fraction of sp³-hybridized carbons (Fsp3) is 0.263. The van der Waals surface area contributed by atoms with Crippen molar-refractivity contribution in [2.24, 2.45) is 0 Å². The molecule has 0 saturated carbocycles. The van der Waals surface area contributed by atoms with E-state index < -0.39 is 0 Å². The lowest BCUT2D eigenvalue weighted by atomic mass is 10.0. The second-order valence-corrected chi connectivity index (χ2v) is 7.40. The van der Waals surface area contributed by atoms with Crippen molar-refractivity contribution in [3.8, 4) is 5.69 Å². The Labute approximate surface area is 150 Å². The molecule has 126 valence electrons. The van der Waals surface area contributed by atoms with Crippen LogP contribution < -0.4 is 0 Å². The van der Waals surface area contributed by atoms with E-state index in [1.54, 1.807) is 4.68 Å². The Hall–Kier alpha value is -2.47. The number of aromatic nitrogens is 4. The average molecular weight is 350 g/mol. The maximum Gasteiger partial charge on any atom is 0.214 e. The molecule has 1 aliphatic carbocycles. The number of nitrogens with zero attached hydrogens (tertiary/aromatic N) is 4. The highest BCUT2D eigenvalue weighted by molar-refractivity contribution is 8.00. The molecule has 25 heavy (non-hydrogen) atoms. The number of aryl methyl sites for hydroxylation is 2. The monoisotopic (exact) mass is 350 g/mol. The van der Waals surface area contributed by atoms with E-state index in [4.69, 9.17) is 0 Å². The van der Waals surface area contributed by atoms with Gasteiger partial charge in [-0.3, -0.25) is 4.79 Å². The number of hydrogen-bond donors (Lipinski definition) is 0. The standard InChI is InChI=1S/C19H18N4OS/c1-13-9-11-15(12-10-13)23-19(20-21-22-23)25-17-8-4-6-14-5-2-3-7-16(14)18(17)24/h2-3,5,7,9-12,17H,4,6,8H2,1H3. The van der Waals surface area contributed by atoms with E-state index in [2.05, 4.69) is 21.6 Å². The summed E-state index contributed by atoms with van der Waals surface area (Å²) in [5, 5.41) is 12.6. The number of hydrogen-bond acceptors (Lipinski definition) is 5. The number of thioether (sulfide) groups is 1. The van der Waals surface area contributed by atoms with Crippen molar-refractivity contribution < 1.29 is 4.79 Å². The van der Waals surface area contributed by atoms with E-state index in [1.165, 1.54) is 17.3 Å². The molecule has 0 radical (unpaired) electrons. The summed E-state index contributed by atoms with van der Waals surface area (Å²) in [7, 11) is 0. The van der Waals surface area contributed by atoms with E-state index in [0.717, 1.165) is 36.1 Å². The van der Waals surface area contributed by atoms with Crippen molar-refractivity contribution in [1.82, 2.24) is 20.2 Å². The Balaban J connectivity index is 1.62. The number of fused-ring (bicyclic) bond motifs is 1. The second-order valence-electron chi connectivity index (χ2n) is 6.23. The number of carbonyl (C=O) groups excluding carboxylic acids is 1. The van der Waals surface area contributed by atoms with Crippen molar-refractivity contribution in [3.63, 3.8) is 0 Å². The molecule has 0 spiro atoms. The maximum absolute atomic E-state index is 13.0. The number of tetrazole rings is 1. The third-order valence-electron chi connectivity index (χ3n) is 4.45. The van der Waals surface area contributed by atoms with Gasteiger partial charge in [-0.15, -0.1) is 5.10 Å². The molecule has 0 aliphatic heterocycles. The maximum atomic E-state index is 13.0. The number of carbonyl (C=O) groups is 1. The SMILES string of the molecule is Cc1ccc(-n2nnnc2SC2CCCc3ccccc3C2=O)cc1. The molecule has 1 heterocycles. The van der Waals surface area contributed by atoms with Gasteiger partial charge in [-0.1, -0.05) is 53.7 Å². The van der Waals surface area contributed by atoms with Gasteiger partial charge in [0.1, 0.15) is 0 Å². The Bertz CT molecular complexity index is 904. The summed E-state index contributed by atoms with van der Waals surface area (Å²) >= 11 is 1.46. The molecule has 1 unspecified atom stereocenters. The van der Waals surface area contributed by atoms with Crippen LogP contribution in [0, 0.1) is 6.92 Å². The Kier molecular flexibility index (Phi) is 4.36. The molecule has 6 heteroatoms. The van der Waals surface area contributed by atoms with Crippen LogP contribution in [-0.2, 0) is 6.42 Å². The molecule has 5 nitrogen and oxygen atoms in total. The Morgan fingerprint density at radius 3 is 2.76 bits per heavy atom. The van der Waals surface area contributed by atoms with Gasteiger partial charge in [0.2, 0.25) is 5.16 Å². The highest BCUT2D eigenvalue weighted by Crippen LogP contribution is 2.32. The minimum Gasteiger partial charge on any atom is -0.293 e. The Morgan fingerprint density at radius 2 is 1.92 bits per heavy atom. The van der Waals surface area contributed by atoms with Gasteiger partial charge in [-0.05, 0) is 54.3 Å². The van der Waals surface area contributed by atoms with Crippen LogP contribution in [0.25, 0.3) is 5.69 Å². The lowest BCUT2D eigenvalue weighted by Gasteiger charge is -2.13. The van der Waals surface area contributed by atoms with Crippen LogP contribution in [0.3, 0.4) is 0 Å². The number of rotatable bonds is 3. The van der Waals surface area contributed by atoms with E-state index in [0.29, 0.717) is 5.16 Å². The molecule has 1 atom stereocenters. The van der Waals surface area contributed by atoms with Gasteiger partial charge in [-0.2, -0.15) is 4.68 Å². The minimum absolute atomic E-state index is 0.154. The van der Waals surface area contributed by atoms with Gasteiger partial charge < -0.3 is 0 Å². The quantitative estimate of drug-likeness (QED) is 0.675. The molecular formula is C19H18N4OS. The number of Topliss-reactive ketones (excluding diaryl/α,β-unsaturated/α-hetero) is 1. The van der Waals surface area contributed by atoms with Gasteiger partial charge in [0.15, 0.2) is 5.78 Å². The van der Waals surface area contributed by atoms with Crippen LogP contribution >= 0.6 is 11.8 Å². The smallest absolute Gasteiger partial charge is 0.214 e. The summed E-state index contributed by atoms with van der Waals surface area (Å²) in [4.78, 5) is 13.0. The first kappa shape index (κ1) is 16.0. The zero-order chi connectivity index (χ0) is 17.2. The highest BCUT2D eigenvalue weighted by Gasteiger charge is 2.28. The summed E-state index contributed by atoms with van der Waals surface area (Å²) in [6.07, 6.45) is 2.77. The predicted molar refractivity (Wildman–Crippen MR) is 97.2 cm³/mol. The van der Waals surface area contributed by atoms with Crippen LogP contribution in [0.1, 0.15) is 34.3 Å². The first-order valence-electron chi connectivity index (χ1n) is 8.36. The molecule has 3 aromatic rings. The summed E-state index contributed by atoms with van der Waals surface area (Å²) in [6, 6.07) is 15.9. The predicted octanol–water partition coefficient (Wildman–Crippen LogP) is 3.65. The average Bonchev–Trinajstić information content (AvgIpc) is 3.03. The molecular weight excluding hydrogens is 332 g/mol. The zero-order valence-corrected chi connectivity index (χ0v) is 14.7. The first-order chi connectivity index (χ1) is 12.2. The van der Waals surface area contributed by atoms with E-state index in [9.17, 15) is 4.79 Å². The summed E-state index contributed by atoms with van der Waals surface area (Å²) in [5.41, 5.74) is 4.07. The van der Waals surface area contributed by atoms with Crippen LogP contribution in [0.15, 0.2) is 53.7 Å². The normalized spacial score (nSPS) is 17.2. The molecule has 0 amide bonds. The fourth-order valence-electron chi connectivity index (χ4n) is 3.10. The fourth-order valence-corrected chi connectivity index (χ4v) is 4.20. The topological polar surface area (TPSA) is 60.7 Å². The number of ketones is 1. The van der Waals surface area contributed by atoms with Crippen LogP contribution in [0.4, 0.5) is 0 Å². The van der Waals surface area contributed by atoms with E-state index in [1.807, 2.05) is 49.4 Å². The molecule has 2 aromatic carbocycles. The van der Waals surface area contributed by atoms with Gasteiger partial charge in [0.05, 0.1) is 10.9 Å². The van der Waals surface area contributed by atoms with Crippen molar-refractivity contribution in [1.29, 1.82) is 0 Å². The van der Waals surface area contributed by atoms with Gasteiger partial charge >= 0.3 is 0 Å². The molecule has 1 aliphatic rings. The van der Waals surface area contributed by atoms with Crippen molar-refractivity contribution in [3.05, 3.63) is 65.2 Å². The molecule has 0 fully saturated rings. The van der Waals surface area contributed by atoms with Gasteiger partial charge in [0, 0.05) is 5.56 Å². The summed E-state index contributed by atoms with van der Waals surface area (Å²) in [5.74, 6) is 0.177. The van der Waals surface area contributed by atoms with Crippen molar-refractivity contribution >= 4 is 17.5 Å². The largest absolute Gasteiger partial charge is 0.293 e. The van der Waals surface area contributed by atoms with Crippen molar-refractivity contribution in [2.75, 3.05) is 0 Å². The van der Waals surface area contributed by atoms with Crippen LogP contribution in [0.5, 0.6) is 0 Å². The van der Waals surface area contributed by atoms with Crippen LogP contribution in [-0.4, -0.2) is 31.2 Å². The zero-order valence-electron chi connectivity index (χ0n) is 13.9. The molecule has 4 rings (SSSR count). The molecule has 1 aromatic heterocycles. The second kappa shape index (κ2) is 6.80. The summed E-state index contributed by atoms with van der Waals surface area (Å²) in [6.45, 7) is 2.04. The van der Waals surface area contributed by atoms with Gasteiger partial charge in [-0.25, -0.2) is 0 Å². The van der Waals surface area contributed by atoms with Gasteiger partial charge in [0.25, 0.3) is 0 Å². The highest BCUT2D eigenvalue weighted by atomic mass is 32.2. The molecule has 0 saturated heterocycles. The van der Waals surface area contributed by atoms with E-state index >= 15 is 0 Å². The lowest BCUT2D eigenvalue weighted by Crippen LogP contribution is -2.17. The Morgan fingerprint density at radius 1 is 1.12 bits per heavy atom. The summed E-state index contributed by atoms with van der Waals surface area (Å²) < 4.78 is 1.70. The molecule has 0 bridgehead atoms. The van der Waals surface area contributed by atoms with Crippen molar-refractivity contribution in [2.45, 2.75) is 36.6 Å². The lowest BCUT2D eigenvalue weighted by molar-refractivity contribution is 0.0988. The van der Waals surface area contributed by atoms with Crippen LogP contribution in [0.2, 0.25) is 0 Å². The third kappa shape index (κ3) is 3.22. The number of benzene rings is 2.